The highest BCUT2D eigenvalue weighted by Crippen LogP contribution is 2.23. The zero-order chi connectivity index (χ0) is 12.3. The molecule has 2 rings (SSSR count). The van der Waals surface area contributed by atoms with Gasteiger partial charge in [-0.2, -0.15) is 0 Å². The number of piperidine rings is 1. The average Bonchev–Trinajstić information content (AvgIpc) is 2.31. The SMILES string of the molecule is CC1CCN(Cc2cncc(Br)c2)C(CN)C1. The summed E-state index contributed by atoms with van der Waals surface area (Å²) in [5.41, 5.74) is 7.13. The molecule has 3 nitrogen and oxygen atoms in total. The van der Waals surface area contributed by atoms with Crippen LogP contribution in [0.25, 0.3) is 0 Å². The van der Waals surface area contributed by atoms with Crippen LogP contribution in [0.4, 0.5) is 0 Å². The van der Waals surface area contributed by atoms with Crippen molar-refractivity contribution in [3.8, 4) is 0 Å². The molecule has 0 saturated carbocycles. The van der Waals surface area contributed by atoms with E-state index in [1.54, 1.807) is 0 Å². The Morgan fingerprint density at radius 2 is 2.35 bits per heavy atom. The van der Waals surface area contributed by atoms with E-state index in [1.165, 1.54) is 18.4 Å². The van der Waals surface area contributed by atoms with Crippen LogP contribution in [0.15, 0.2) is 22.9 Å². The number of hydrogen-bond acceptors (Lipinski definition) is 3. The lowest BCUT2D eigenvalue weighted by Gasteiger charge is -2.37. The Kier molecular flexibility index (Phi) is 4.54. The third kappa shape index (κ3) is 3.50. The molecule has 1 aromatic heterocycles. The molecule has 2 unspecified atom stereocenters. The molecule has 2 heterocycles. The minimum Gasteiger partial charge on any atom is -0.329 e. The van der Waals surface area contributed by atoms with Crippen LogP contribution in [0.1, 0.15) is 25.3 Å². The van der Waals surface area contributed by atoms with Gasteiger partial charge in [-0.05, 0) is 52.9 Å². The minimum atomic E-state index is 0.526. The fraction of sp³-hybridized carbons (Fsp3) is 0.615. The van der Waals surface area contributed by atoms with E-state index in [0.29, 0.717) is 6.04 Å². The molecule has 1 saturated heterocycles. The zero-order valence-corrected chi connectivity index (χ0v) is 11.9. The molecular formula is C13H20BrN3. The van der Waals surface area contributed by atoms with Crippen LogP contribution in [0.3, 0.4) is 0 Å². The Bertz CT molecular complexity index is 369. The molecule has 0 amide bonds. The molecule has 1 aromatic rings. The van der Waals surface area contributed by atoms with Gasteiger partial charge in [-0.1, -0.05) is 6.92 Å². The maximum absolute atomic E-state index is 5.87. The predicted molar refractivity (Wildman–Crippen MR) is 73.6 cm³/mol. The van der Waals surface area contributed by atoms with Crippen molar-refractivity contribution in [2.24, 2.45) is 11.7 Å². The summed E-state index contributed by atoms with van der Waals surface area (Å²) in [6.07, 6.45) is 6.26. The Morgan fingerprint density at radius 3 is 3.06 bits per heavy atom. The van der Waals surface area contributed by atoms with E-state index in [-0.39, 0.29) is 0 Å². The highest BCUT2D eigenvalue weighted by molar-refractivity contribution is 9.10. The first kappa shape index (κ1) is 13.0. The zero-order valence-electron chi connectivity index (χ0n) is 10.3. The van der Waals surface area contributed by atoms with Crippen molar-refractivity contribution in [3.05, 3.63) is 28.5 Å². The second-order valence-corrected chi connectivity index (χ2v) is 5.92. The Morgan fingerprint density at radius 1 is 1.53 bits per heavy atom. The lowest BCUT2D eigenvalue weighted by Crippen LogP contribution is -2.45. The first-order chi connectivity index (χ1) is 8.19. The molecule has 0 spiro atoms. The van der Waals surface area contributed by atoms with Crippen LogP contribution in [-0.4, -0.2) is 29.0 Å². The van der Waals surface area contributed by atoms with Crippen LogP contribution in [0, 0.1) is 5.92 Å². The Hall–Kier alpha value is -0.450. The number of likely N-dealkylation sites (tertiary alicyclic amines) is 1. The van der Waals surface area contributed by atoms with Gasteiger partial charge in [-0.15, -0.1) is 0 Å². The maximum Gasteiger partial charge on any atom is 0.0410 e. The van der Waals surface area contributed by atoms with Gasteiger partial charge in [0.15, 0.2) is 0 Å². The van der Waals surface area contributed by atoms with Gasteiger partial charge in [-0.3, -0.25) is 9.88 Å². The lowest BCUT2D eigenvalue weighted by atomic mass is 9.92. The number of rotatable bonds is 3. The van der Waals surface area contributed by atoms with Gasteiger partial charge < -0.3 is 5.73 Å². The number of pyridine rings is 1. The van der Waals surface area contributed by atoms with Gasteiger partial charge in [0.2, 0.25) is 0 Å². The number of halogens is 1. The van der Waals surface area contributed by atoms with E-state index < -0.39 is 0 Å². The van der Waals surface area contributed by atoms with Gasteiger partial charge >= 0.3 is 0 Å². The normalized spacial score (nSPS) is 26.1. The summed E-state index contributed by atoms with van der Waals surface area (Å²) in [7, 11) is 0. The van der Waals surface area contributed by atoms with Crippen molar-refractivity contribution in [2.75, 3.05) is 13.1 Å². The molecule has 1 aliphatic rings. The van der Waals surface area contributed by atoms with Crippen molar-refractivity contribution in [1.82, 2.24) is 9.88 Å². The van der Waals surface area contributed by atoms with Crippen molar-refractivity contribution in [1.29, 1.82) is 0 Å². The van der Waals surface area contributed by atoms with E-state index >= 15 is 0 Å². The van der Waals surface area contributed by atoms with Crippen LogP contribution >= 0.6 is 15.9 Å². The standard InChI is InChI=1S/C13H20BrN3/c1-10-2-3-17(13(4-10)6-15)9-11-5-12(14)8-16-7-11/h5,7-8,10,13H,2-4,6,9,15H2,1H3. The third-order valence-electron chi connectivity index (χ3n) is 3.52. The number of nitrogens with zero attached hydrogens (tertiary/aromatic N) is 2. The van der Waals surface area contributed by atoms with E-state index in [0.717, 1.165) is 30.0 Å². The maximum atomic E-state index is 5.87. The molecular weight excluding hydrogens is 278 g/mol. The van der Waals surface area contributed by atoms with E-state index in [4.69, 9.17) is 5.73 Å². The molecule has 0 aliphatic carbocycles. The largest absolute Gasteiger partial charge is 0.329 e. The fourth-order valence-corrected chi connectivity index (χ4v) is 2.94. The smallest absolute Gasteiger partial charge is 0.0410 e. The monoisotopic (exact) mass is 297 g/mol. The Labute approximate surface area is 112 Å². The van der Waals surface area contributed by atoms with Gasteiger partial charge in [-0.25, -0.2) is 0 Å². The van der Waals surface area contributed by atoms with Gasteiger partial charge in [0.25, 0.3) is 0 Å². The first-order valence-electron chi connectivity index (χ1n) is 6.22. The third-order valence-corrected chi connectivity index (χ3v) is 3.95. The average molecular weight is 298 g/mol. The molecule has 2 atom stereocenters. The minimum absolute atomic E-state index is 0.526. The summed E-state index contributed by atoms with van der Waals surface area (Å²) < 4.78 is 1.05. The summed E-state index contributed by atoms with van der Waals surface area (Å²) in [6.45, 7) is 5.18. The van der Waals surface area contributed by atoms with E-state index in [2.05, 4.69) is 38.8 Å². The second kappa shape index (κ2) is 5.94. The Balaban J connectivity index is 2.02. The molecule has 2 N–H and O–H groups in total. The van der Waals surface area contributed by atoms with Crippen LogP contribution in [-0.2, 0) is 6.54 Å². The van der Waals surface area contributed by atoms with Gasteiger partial charge in [0, 0.05) is 36.0 Å². The predicted octanol–water partition coefficient (Wildman–Crippen LogP) is 2.40. The van der Waals surface area contributed by atoms with Crippen LogP contribution < -0.4 is 5.73 Å². The first-order valence-corrected chi connectivity index (χ1v) is 7.02. The topological polar surface area (TPSA) is 42.2 Å². The van der Waals surface area contributed by atoms with Gasteiger partial charge in [0.1, 0.15) is 0 Å². The summed E-state index contributed by atoms with van der Waals surface area (Å²) in [5, 5.41) is 0. The molecule has 0 radical (unpaired) electrons. The highest BCUT2D eigenvalue weighted by Gasteiger charge is 2.25. The summed E-state index contributed by atoms with van der Waals surface area (Å²) >= 11 is 3.46. The molecule has 4 heteroatoms. The second-order valence-electron chi connectivity index (χ2n) is 5.00. The van der Waals surface area contributed by atoms with Crippen molar-refractivity contribution < 1.29 is 0 Å². The quantitative estimate of drug-likeness (QED) is 0.932. The molecule has 94 valence electrons. The van der Waals surface area contributed by atoms with Crippen LogP contribution in [0.2, 0.25) is 0 Å². The number of aromatic nitrogens is 1. The molecule has 17 heavy (non-hydrogen) atoms. The van der Waals surface area contributed by atoms with Crippen molar-refractivity contribution >= 4 is 15.9 Å². The van der Waals surface area contributed by atoms with E-state index in [9.17, 15) is 0 Å². The molecule has 1 fully saturated rings. The number of hydrogen-bond donors (Lipinski definition) is 1. The number of nitrogens with two attached hydrogens (primary N) is 1. The van der Waals surface area contributed by atoms with Gasteiger partial charge in [0.05, 0.1) is 0 Å². The molecule has 0 bridgehead atoms. The summed E-state index contributed by atoms with van der Waals surface area (Å²) in [5.74, 6) is 0.806. The van der Waals surface area contributed by atoms with Crippen LogP contribution in [0.5, 0.6) is 0 Å². The van der Waals surface area contributed by atoms with Crippen molar-refractivity contribution in [2.45, 2.75) is 32.4 Å². The summed E-state index contributed by atoms with van der Waals surface area (Å²) in [6, 6.07) is 2.66. The molecule has 1 aliphatic heterocycles. The van der Waals surface area contributed by atoms with Crippen molar-refractivity contribution in [3.63, 3.8) is 0 Å². The fourth-order valence-electron chi connectivity index (χ4n) is 2.53. The van der Waals surface area contributed by atoms with E-state index in [1.807, 2.05) is 12.4 Å². The molecule has 0 aromatic carbocycles. The lowest BCUT2D eigenvalue weighted by molar-refractivity contribution is 0.115. The summed E-state index contributed by atoms with van der Waals surface area (Å²) in [4.78, 5) is 6.70. The highest BCUT2D eigenvalue weighted by atomic mass is 79.9.